The third-order valence-corrected chi connectivity index (χ3v) is 4.10. The van der Waals surface area contributed by atoms with E-state index < -0.39 is 0 Å². The molecule has 2 N–H and O–H groups in total. The van der Waals surface area contributed by atoms with Crippen LogP contribution in [0, 0.1) is 0 Å². The first-order valence-electron chi connectivity index (χ1n) is 8.05. The Morgan fingerprint density at radius 3 is 3.17 bits per heavy atom. The van der Waals surface area contributed by atoms with Gasteiger partial charge in [-0.1, -0.05) is 6.92 Å². The van der Waals surface area contributed by atoms with E-state index in [0.717, 1.165) is 25.8 Å². The van der Waals surface area contributed by atoms with Crippen LogP contribution in [0.1, 0.15) is 32.6 Å². The molecule has 1 atom stereocenters. The summed E-state index contributed by atoms with van der Waals surface area (Å²) >= 11 is 0. The van der Waals surface area contributed by atoms with Crippen LogP contribution in [0.2, 0.25) is 0 Å². The summed E-state index contributed by atoms with van der Waals surface area (Å²) in [6.07, 6.45) is 6.37. The van der Waals surface area contributed by atoms with Crippen LogP contribution in [0.5, 0.6) is 0 Å². The Bertz CT molecular complexity index is 757. The molecule has 1 unspecified atom stereocenters. The smallest absolute Gasteiger partial charge is 0.258 e. The Morgan fingerprint density at radius 2 is 2.35 bits per heavy atom. The van der Waals surface area contributed by atoms with E-state index in [1.807, 2.05) is 6.92 Å². The average Bonchev–Trinajstić information content (AvgIpc) is 2.55. The molecule has 0 spiro atoms. The van der Waals surface area contributed by atoms with Gasteiger partial charge in [-0.05, 0) is 25.3 Å². The van der Waals surface area contributed by atoms with Gasteiger partial charge in [-0.15, -0.1) is 0 Å². The standard InChI is InChI=1S/C16H21N5O2/c1-2-4-13(22)20-11-5-3-8-21(9-11)15-14-12(6-7-17-15)16(23)19-10-18-14/h6-7,10-11H,2-5,8-9H2,1H3,(H,20,22)(H,18,19,23). The summed E-state index contributed by atoms with van der Waals surface area (Å²) in [5.74, 6) is 0.808. The molecule has 122 valence electrons. The average molecular weight is 315 g/mol. The van der Waals surface area contributed by atoms with Crippen LogP contribution in [-0.4, -0.2) is 40.0 Å². The van der Waals surface area contributed by atoms with Crippen molar-refractivity contribution in [1.82, 2.24) is 20.3 Å². The lowest BCUT2D eigenvalue weighted by molar-refractivity contribution is -0.121. The van der Waals surface area contributed by atoms with Crippen molar-refractivity contribution in [2.75, 3.05) is 18.0 Å². The number of rotatable bonds is 4. The molecule has 0 saturated carbocycles. The van der Waals surface area contributed by atoms with Crippen molar-refractivity contribution in [1.29, 1.82) is 0 Å². The number of nitrogens with one attached hydrogen (secondary N) is 2. The normalized spacial score (nSPS) is 18.1. The molecule has 3 rings (SSSR count). The minimum Gasteiger partial charge on any atom is -0.353 e. The molecule has 0 bridgehead atoms. The summed E-state index contributed by atoms with van der Waals surface area (Å²) in [6, 6.07) is 1.79. The van der Waals surface area contributed by atoms with Crippen molar-refractivity contribution in [3.63, 3.8) is 0 Å². The lowest BCUT2D eigenvalue weighted by atomic mass is 10.0. The predicted octanol–water partition coefficient (Wildman–Crippen LogP) is 1.20. The number of aromatic amines is 1. The maximum atomic E-state index is 11.9. The molecular weight excluding hydrogens is 294 g/mol. The van der Waals surface area contributed by atoms with Crippen LogP contribution in [0.3, 0.4) is 0 Å². The second kappa shape index (κ2) is 6.76. The first-order valence-corrected chi connectivity index (χ1v) is 8.05. The Labute approximate surface area is 134 Å². The Hall–Kier alpha value is -2.44. The number of anilines is 1. The van der Waals surface area contributed by atoms with Crippen molar-refractivity contribution < 1.29 is 4.79 Å². The predicted molar refractivity (Wildman–Crippen MR) is 88.4 cm³/mol. The minimum atomic E-state index is -0.163. The zero-order valence-corrected chi connectivity index (χ0v) is 13.2. The van der Waals surface area contributed by atoms with Gasteiger partial charge in [-0.25, -0.2) is 9.97 Å². The molecule has 0 radical (unpaired) electrons. The molecule has 1 fully saturated rings. The van der Waals surface area contributed by atoms with Gasteiger partial charge in [0.15, 0.2) is 5.82 Å². The van der Waals surface area contributed by atoms with E-state index in [0.29, 0.717) is 29.7 Å². The van der Waals surface area contributed by atoms with Gasteiger partial charge in [0, 0.05) is 31.7 Å². The quantitative estimate of drug-likeness (QED) is 0.885. The highest BCUT2D eigenvalue weighted by atomic mass is 16.1. The maximum absolute atomic E-state index is 11.9. The number of piperidine rings is 1. The van der Waals surface area contributed by atoms with Gasteiger partial charge < -0.3 is 15.2 Å². The number of H-pyrrole nitrogens is 1. The molecule has 1 amide bonds. The molecule has 0 aliphatic carbocycles. The highest BCUT2D eigenvalue weighted by Gasteiger charge is 2.24. The summed E-state index contributed by atoms with van der Waals surface area (Å²) in [5, 5.41) is 3.62. The van der Waals surface area contributed by atoms with Crippen molar-refractivity contribution in [2.45, 2.75) is 38.6 Å². The number of carbonyl (C=O) groups is 1. The van der Waals surface area contributed by atoms with E-state index in [-0.39, 0.29) is 17.5 Å². The van der Waals surface area contributed by atoms with Crippen LogP contribution in [0.25, 0.3) is 10.9 Å². The van der Waals surface area contributed by atoms with Gasteiger partial charge in [-0.2, -0.15) is 0 Å². The van der Waals surface area contributed by atoms with Gasteiger partial charge in [0.1, 0.15) is 5.52 Å². The highest BCUT2D eigenvalue weighted by molar-refractivity contribution is 5.87. The Kier molecular flexibility index (Phi) is 4.55. The molecule has 3 heterocycles. The van der Waals surface area contributed by atoms with Crippen LogP contribution in [0.4, 0.5) is 5.82 Å². The third-order valence-electron chi connectivity index (χ3n) is 4.10. The number of carbonyl (C=O) groups excluding carboxylic acids is 1. The summed E-state index contributed by atoms with van der Waals surface area (Å²) < 4.78 is 0. The third kappa shape index (κ3) is 3.33. The summed E-state index contributed by atoms with van der Waals surface area (Å²) in [4.78, 5) is 37.1. The van der Waals surface area contributed by atoms with Gasteiger partial charge in [0.25, 0.3) is 5.56 Å². The molecule has 1 aliphatic heterocycles. The zero-order chi connectivity index (χ0) is 16.2. The van der Waals surface area contributed by atoms with E-state index in [1.165, 1.54) is 6.33 Å². The largest absolute Gasteiger partial charge is 0.353 e. The number of fused-ring (bicyclic) bond motifs is 1. The number of hydrogen-bond donors (Lipinski definition) is 2. The fraction of sp³-hybridized carbons (Fsp3) is 0.500. The van der Waals surface area contributed by atoms with Crippen LogP contribution in [0.15, 0.2) is 23.4 Å². The SMILES string of the molecule is CCCC(=O)NC1CCCN(c2nccc3c(=O)[nH]cnc23)C1. The molecule has 7 heteroatoms. The summed E-state index contributed by atoms with van der Waals surface area (Å²) in [5.41, 5.74) is 0.445. The first kappa shape index (κ1) is 15.5. The maximum Gasteiger partial charge on any atom is 0.258 e. The van der Waals surface area contributed by atoms with E-state index in [9.17, 15) is 9.59 Å². The molecule has 2 aromatic heterocycles. The molecule has 23 heavy (non-hydrogen) atoms. The molecule has 1 saturated heterocycles. The van der Waals surface area contributed by atoms with E-state index in [4.69, 9.17) is 0 Å². The second-order valence-electron chi connectivity index (χ2n) is 5.87. The monoisotopic (exact) mass is 315 g/mol. The Morgan fingerprint density at radius 1 is 1.48 bits per heavy atom. The molecule has 7 nitrogen and oxygen atoms in total. The molecule has 2 aromatic rings. The van der Waals surface area contributed by atoms with Gasteiger partial charge in [0.2, 0.25) is 5.91 Å². The Balaban J connectivity index is 1.83. The number of amides is 1. The van der Waals surface area contributed by atoms with Crippen LogP contribution < -0.4 is 15.8 Å². The number of hydrogen-bond acceptors (Lipinski definition) is 5. The minimum absolute atomic E-state index is 0.0970. The van der Waals surface area contributed by atoms with Crippen molar-refractivity contribution >= 4 is 22.6 Å². The first-order chi connectivity index (χ1) is 11.2. The van der Waals surface area contributed by atoms with E-state index >= 15 is 0 Å². The molecule has 1 aliphatic rings. The van der Waals surface area contributed by atoms with E-state index in [2.05, 4.69) is 25.2 Å². The molecule has 0 aromatic carbocycles. The van der Waals surface area contributed by atoms with Crippen molar-refractivity contribution in [3.8, 4) is 0 Å². The van der Waals surface area contributed by atoms with Gasteiger partial charge in [-0.3, -0.25) is 9.59 Å². The topological polar surface area (TPSA) is 91.0 Å². The fourth-order valence-corrected chi connectivity index (χ4v) is 3.03. The lowest BCUT2D eigenvalue weighted by Crippen LogP contribution is -2.48. The fourth-order valence-electron chi connectivity index (χ4n) is 3.03. The second-order valence-corrected chi connectivity index (χ2v) is 5.87. The lowest BCUT2D eigenvalue weighted by Gasteiger charge is -2.34. The molecular formula is C16H21N5O2. The number of aromatic nitrogens is 3. The van der Waals surface area contributed by atoms with Crippen LogP contribution in [-0.2, 0) is 4.79 Å². The summed E-state index contributed by atoms with van der Waals surface area (Å²) in [7, 11) is 0. The van der Waals surface area contributed by atoms with Crippen molar-refractivity contribution in [2.24, 2.45) is 0 Å². The number of pyridine rings is 1. The highest BCUT2D eigenvalue weighted by Crippen LogP contribution is 2.23. The van der Waals surface area contributed by atoms with Gasteiger partial charge >= 0.3 is 0 Å². The number of nitrogens with zero attached hydrogens (tertiary/aromatic N) is 3. The van der Waals surface area contributed by atoms with E-state index in [1.54, 1.807) is 12.3 Å². The van der Waals surface area contributed by atoms with Crippen LogP contribution >= 0.6 is 0 Å². The van der Waals surface area contributed by atoms with Gasteiger partial charge in [0.05, 0.1) is 11.7 Å². The summed E-state index contributed by atoms with van der Waals surface area (Å²) in [6.45, 7) is 3.53. The van der Waals surface area contributed by atoms with Crippen molar-refractivity contribution in [3.05, 3.63) is 28.9 Å². The zero-order valence-electron chi connectivity index (χ0n) is 13.2.